The summed E-state index contributed by atoms with van der Waals surface area (Å²) in [5.74, 6) is 6.89. The summed E-state index contributed by atoms with van der Waals surface area (Å²) in [4.78, 5) is 17.2. The average Bonchev–Trinajstić information content (AvgIpc) is 3.54. The van der Waals surface area contributed by atoms with Crippen molar-refractivity contribution in [3.63, 3.8) is 0 Å². The van der Waals surface area contributed by atoms with Crippen molar-refractivity contribution < 1.29 is 9.53 Å². The van der Waals surface area contributed by atoms with E-state index >= 15 is 0 Å². The van der Waals surface area contributed by atoms with E-state index < -0.39 is 0 Å². The fourth-order valence-corrected chi connectivity index (χ4v) is 4.30. The summed E-state index contributed by atoms with van der Waals surface area (Å²) in [6.45, 7) is 0. The molecule has 1 aliphatic carbocycles. The highest BCUT2D eigenvalue weighted by Crippen LogP contribution is 2.47. The molecule has 0 saturated heterocycles. The molecule has 2 aromatic heterocycles. The van der Waals surface area contributed by atoms with E-state index in [1.165, 1.54) is 16.9 Å². The molecule has 0 aliphatic heterocycles. The van der Waals surface area contributed by atoms with Crippen molar-refractivity contribution in [3.05, 3.63) is 89.2 Å². The summed E-state index contributed by atoms with van der Waals surface area (Å²) in [7, 11) is 1.60. The van der Waals surface area contributed by atoms with Crippen LogP contribution in [-0.4, -0.2) is 28.2 Å². The summed E-state index contributed by atoms with van der Waals surface area (Å²) in [6.07, 6.45) is 5.33. The largest absolute Gasteiger partial charge is 0.496 e. The van der Waals surface area contributed by atoms with Gasteiger partial charge in [0.2, 0.25) is 5.13 Å². The zero-order chi connectivity index (χ0) is 22.7. The van der Waals surface area contributed by atoms with Crippen LogP contribution >= 0.6 is 11.3 Å². The number of aromatic nitrogens is 3. The fourth-order valence-electron chi connectivity index (χ4n) is 3.70. The number of benzene rings is 2. The van der Waals surface area contributed by atoms with E-state index in [9.17, 15) is 4.79 Å². The van der Waals surface area contributed by atoms with E-state index in [0.29, 0.717) is 27.0 Å². The number of ether oxygens (including phenoxy) is 1. The van der Waals surface area contributed by atoms with Crippen molar-refractivity contribution in [1.29, 1.82) is 0 Å². The second-order valence-corrected chi connectivity index (χ2v) is 8.66. The lowest BCUT2D eigenvalue weighted by Gasteiger charge is -2.11. The van der Waals surface area contributed by atoms with Gasteiger partial charge < -0.3 is 4.74 Å². The number of carbonyl (C=O) groups is 1. The van der Waals surface area contributed by atoms with Gasteiger partial charge in [-0.15, -0.1) is 10.2 Å². The van der Waals surface area contributed by atoms with Crippen LogP contribution in [0.2, 0.25) is 0 Å². The van der Waals surface area contributed by atoms with Gasteiger partial charge in [0.15, 0.2) is 5.01 Å². The van der Waals surface area contributed by atoms with E-state index in [1.807, 2.05) is 42.5 Å². The van der Waals surface area contributed by atoms with E-state index in [0.717, 1.165) is 18.4 Å². The molecule has 1 saturated carbocycles. The Labute approximate surface area is 195 Å². The van der Waals surface area contributed by atoms with Crippen LogP contribution in [0.5, 0.6) is 5.75 Å². The molecule has 0 spiro atoms. The lowest BCUT2D eigenvalue weighted by atomic mass is 9.97. The molecule has 1 aliphatic rings. The van der Waals surface area contributed by atoms with Gasteiger partial charge in [-0.1, -0.05) is 65.8 Å². The molecule has 0 radical (unpaired) electrons. The van der Waals surface area contributed by atoms with E-state index in [-0.39, 0.29) is 11.3 Å². The minimum atomic E-state index is -0.295. The van der Waals surface area contributed by atoms with Crippen LogP contribution in [0.1, 0.15) is 33.8 Å². The molecule has 4 aromatic rings. The van der Waals surface area contributed by atoms with Crippen LogP contribution < -0.4 is 10.1 Å². The third kappa shape index (κ3) is 4.34. The van der Waals surface area contributed by atoms with Gasteiger partial charge in [0, 0.05) is 23.5 Å². The van der Waals surface area contributed by atoms with Gasteiger partial charge >= 0.3 is 0 Å². The molecule has 0 atom stereocenters. The maximum atomic E-state index is 13.1. The first-order valence-corrected chi connectivity index (χ1v) is 11.3. The highest BCUT2D eigenvalue weighted by molar-refractivity contribution is 7.15. The van der Waals surface area contributed by atoms with Crippen molar-refractivity contribution in [2.45, 2.75) is 18.3 Å². The Hall–Kier alpha value is -4.02. The van der Waals surface area contributed by atoms with E-state index in [1.54, 1.807) is 25.6 Å². The van der Waals surface area contributed by atoms with Crippen LogP contribution in [-0.2, 0) is 5.41 Å². The van der Waals surface area contributed by atoms with Gasteiger partial charge in [-0.05, 0) is 36.5 Å². The molecule has 2 heterocycles. The topological polar surface area (TPSA) is 77.0 Å². The van der Waals surface area contributed by atoms with Gasteiger partial charge in [-0.25, -0.2) is 0 Å². The summed E-state index contributed by atoms with van der Waals surface area (Å²) in [5.41, 5.74) is 3.08. The molecular formula is C26H20N4O2S. The Bertz CT molecular complexity index is 1370. The molecule has 1 N–H and O–H groups in total. The van der Waals surface area contributed by atoms with Crippen molar-refractivity contribution in [3.8, 4) is 28.7 Å². The number of carbonyl (C=O) groups excluding carboxylic acids is 1. The predicted octanol–water partition coefficient (Wildman–Crippen LogP) is 4.94. The molecule has 5 rings (SSSR count). The molecule has 1 fully saturated rings. The molecular weight excluding hydrogens is 432 g/mol. The third-order valence-electron chi connectivity index (χ3n) is 5.59. The van der Waals surface area contributed by atoms with E-state index in [4.69, 9.17) is 4.74 Å². The van der Waals surface area contributed by atoms with Crippen LogP contribution in [0, 0.1) is 11.8 Å². The van der Waals surface area contributed by atoms with Gasteiger partial charge in [0.05, 0.1) is 18.1 Å². The number of amides is 1. The quantitative estimate of drug-likeness (QED) is 0.434. The first-order valence-electron chi connectivity index (χ1n) is 10.5. The molecule has 33 heavy (non-hydrogen) atoms. The molecule has 2 aromatic carbocycles. The number of hydrogen-bond donors (Lipinski definition) is 1. The number of methoxy groups -OCH3 is 1. The monoisotopic (exact) mass is 452 g/mol. The summed E-state index contributed by atoms with van der Waals surface area (Å²) in [5, 5.41) is 12.1. The van der Waals surface area contributed by atoms with Crippen molar-refractivity contribution >= 4 is 22.4 Å². The maximum Gasteiger partial charge on any atom is 0.258 e. The minimum absolute atomic E-state index is 0.0863. The first kappa shape index (κ1) is 20.9. The van der Waals surface area contributed by atoms with Crippen molar-refractivity contribution in [1.82, 2.24) is 15.2 Å². The zero-order valence-corrected chi connectivity index (χ0v) is 18.7. The minimum Gasteiger partial charge on any atom is -0.496 e. The molecule has 0 bridgehead atoms. The number of para-hydroxylation sites is 1. The number of rotatable bonds is 5. The normalized spacial score (nSPS) is 13.5. The van der Waals surface area contributed by atoms with Crippen LogP contribution in [0.4, 0.5) is 5.13 Å². The number of nitrogens with one attached hydrogen (secondary N) is 1. The van der Waals surface area contributed by atoms with Gasteiger partial charge in [0.25, 0.3) is 5.91 Å². The fraction of sp³-hybridized carbons (Fsp3) is 0.154. The molecule has 6 nitrogen and oxygen atoms in total. The Kier molecular flexibility index (Phi) is 5.59. The average molecular weight is 453 g/mol. The summed E-state index contributed by atoms with van der Waals surface area (Å²) in [6, 6.07) is 19.5. The predicted molar refractivity (Wildman–Crippen MR) is 128 cm³/mol. The third-order valence-corrected chi connectivity index (χ3v) is 6.35. The lowest BCUT2D eigenvalue weighted by molar-refractivity contribution is 0.102. The molecule has 162 valence electrons. The second kappa shape index (κ2) is 8.85. The van der Waals surface area contributed by atoms with Crippen molar-refractivity contribution in [2.75, 3.05) is 12.4 Å². The number of hydrogen-bond acceptors (Lipinski definition) is 6. The van der Waals surface area contributed by atoms with Gasteiger partial charge in [-0.2, -0.15) is 0 Å². The smallest absolute Gasteiger partial charge is 0.258 e. The SMILES string of the molecule is COc1ccccc1-c1cnccc1C(=O)Nc1nnc(C#CC2(c3ccccc3)CC2)s1. The van der Waals surface area contributed by atoms with E-state index in [2.05, 4.69) is 44.5 Å². The Balaban J connectivity index is 1.35. The first-order chi connectivity index (χ1) is 16.2. The lowest BCUT2D eigenvalue weighted by Crippen LogP contribution is -2.13. The Morgan fingerprint density at radius 1 is 1.03 bits per heavy atom. The zero-order valence-electron chi connectivity index (χ0n) is 17.9. The summed E-state index contributed by atoms with van der Waals surface area (Å²) >= 11 is 1.26. The van der Waals surface area contributed by atoms with Crippen molar-refractivity contribution in [2.24, 2.45) is 0 Å². The highest BCUT2D eigenvalue weighted by Gasteiger charge is 2.42. The standard InChI is InChI=1S/C26H20N4O2S/c1-32-22-10-6-5-9-19(22)21-17-27-16-12-20(21)24(31)28-25-30-29-23(33-25)11-13-26(14-15-26)18-7-3-2-4-8-18/h2-10,12,16-17H,14-15H2,1H3,(H,28,30,31). The van der Waals surface area contributed by atoms with Crippen LogP contribution in [0.15, 0.2) is 73.1 Å². The molecule has 0 unspecified atom stereocenters. The number of nitrogens with zero attached hydrogens (tertiary/aromatic N) is 3. The van der Waals surface area contributed by atoms with Gasteiger partial charge in [-0.3, -0.25) is 15.1 Å². The molecule has 7 heteroatoms. The van der Waals surface area contributed by atoms with Gasteiger partial charge in [0.1, 0.15) is 5.75 Å². The summed E-state index contributed by atoms with van der Waals surface area (Å²) < 4.78 is 5.45. The second-order valence-electron chi connectivity index (χ2n) is 7.69. The van der Waals surface area contributed by atoms with Crippen LogP contribution in [0.3, 0.4) is 0 Å². The van der Waals surface area contributed by atoms with Crippen LogP contribution in [0.25, 0.3) is 11.1 Å². The maximum absolute atomic E-state index is 13.1. The number of anilines is 1. The molecule has 1 amide bonds. The Morgan fingerprint density at radius 2 is 1.82 bits per heavy atom. The Morgan fingerprint density at radius 3 is 2.61 bits per heavy atom. The number of pyridine rings is 1. The highest BCUT2D eigenvalue weighted by atomic mass is 32.1.